The second kappa shape index (κ2) is 5.32. The number of para-hydroxylation sites is 2. The predicted molar refractivity (Wildman–Crippen MR) is 76.2 cm³/mol. The third-order valence-corrected chi connectivity index (χ3v) is 3.46. The number of nitrogens with two attached hydrogens (primary N) is 1. The van der Waals surface area contributed by atoms with Crippen molar-refractivity contribution in [1.82, 2.24) is 4.98 Å². The molecule has 0 saturated heterocycles. The highest BCUT2D eigenvalue weighted by molar-refractivity contribution is 6.00. The zero-order valence-electron chi connectivity index (χ0n) is 11.0. The molecule has 0 radical (unpaired) electrons. The number of carbonyl (C=O) groups is 1. The minimum atomic E-state index is -0.163. The smallest absolute Gasteiger partial charge is 0.302 e. The van der Waals surface area contributed by atoms with Gasteiger partial charge in [0, 0.05) is 5.92 Å². The highest BCUT2D eigenvalue weighted by Gasteiger charge is 2.22. The van der Waals surface area contributed by atoms with E-state index in [1.165, 1.54) is 0 Å². The first-order valence-electron chi connectivity index (χ1n) is 6.73. The lowest BCUT2D eigenvalue weighted by Crippen LogP contribution is -2.25. The van der Waals surface area contributed by atoms with Gasteiger partial charge in [-0.15, -0.1) is 0 Å². The first kappa shape index (κ1) is 12.7. The summed E-state index contributed by atoms with van der Waals surface area (Å²) in [5.74, 6) is -0.129. The molecule has 0 aliphatic heterocycles. The van der Waals surface area contributed by atoms with E-state index < -0.39 is 0 Å². The molecule has 0 spiro atoms. The molecule has 1 aromatic heterocycles. The Balaban J connectivity index is 1.71. The summed E-state index contributed by atoms with van der Waals surface area (Å²) in [6.07, 6.45) is 3.98. The number of oxazole rings is 1. The average molecular weight is 272 g/mol. The highest BCUT2D eigenvalue weighted by Crippen LogP contribution is 2.25. The van der Waals surface area contributed by atoms with Crippen LogP contribution in [0.5, 0.6) is 0 Å². The zero-order valence-corrected chi connectivity index (χ0v) is 11.0. The second-order valence-corrected chi connectivity index (χ2v) is 4.93. The fourth-order valence-corrected chi connectivity index (χ4v) is 2.45. The molecule has 0 bridgehead atoms. The quantitative estimate of drug-likeness (QED) is 0.646. The molecule has 2 aromatic rings. The summed E-state index contributed by atoms with van der Waals surface area (Å²) in [5, 5.41) is 2.71. The van der Waals surface area contributed by atoms with Crippen molar-refractivity contribution in [3.8, 4) is 0 Å². The molecule has 6 heteroatoms. The number of nitrogens with zero attached hydrogens (tertiary/aromatic N) is 2. The van der Waals surface area contributed by atoms with Gasteiger partial charge in [0.1, 0.15) is 5.52 Å². The molecule has 104 valence electrons. The van der Waals surface area contributed by atoms with Gasteiger partial charge < -0.3 is 10.2 Å². The standard InChI is InChI=1S/C14H16N4O2/c15-13(17-12(19)9-5-1-2-6-9)18-14-16-10-7-3-4-8-11(10)20-14/h3-4,7-9H,1-2,5-6H2,(H3,15,16,17,18,19). The Labute approximate surface area is 116 Å². The lowest BCUT2D eigenvalue weighted by molar-refractivity contribution is -0.121. The summed E-state index contributed by atoms with van der Waals surface area (Å²) >= 11 is 0. The van der Waals surface area contributed by atoms with Gasteiger partial charge >= 0.3 is 6.01 Å². The van der Waals surface area contributed by atoms with Crippen molar-refractivity contribution in [3.63, 3.8) is 0 Å². The number of carbonyl (C=O) groups excluding carboxylic acids is 1. The number of guanidine groups is 1. The van der Waals surface area contributed by atoms with Crippen LogP contribution in [0, 0.1) is 5.92 Å². The molecule has 1 aliphatic carbocycles. The molecular weight excluding hydrogens is 256 g/mol. The highest BCUT2D eigenvalue weighted by atomic mass is 16.4. The molecule has 1 fully saturated rings. The minimum Gasteiger partial charge on any atom is -0.423 e. The largest absolute Gasteiger partial charge is 0.423 e. The lowest BCUT2D eigenvalue weighted by atomic mass is 10.1. The number of fused-ring (bicyclic) bond motifs is 1. The predicted octanol–water partition coefficient (Wildman–Crippen LogP) is 2.27. The number of benzene rings is 1. The van der Waals surface area contributed by atoms with Gasteiger partial charge in [-0.05, 0) is 25.0 Å². The van der Waals surface area contributed by atoms with E-state index in [9.17, 15) is 4.79 Å². The molecule has 1 amide bonds. The van der Waals surface area contributed by atoms with E-state index in [2.05, 4.69) is 15.3 Å². The third-order valence-electron chi connectivity index (χ3n) is 3.46. The molecular formula is C14H16N4O2. The molecule has 20 heavy (non-hydrogen) atoms. The van der Waals surface area contributed by atoms with Crippen LogP contribution in [0.2, 0.25) is 0 Å². The average Bonchev–Trinajstić information content (AvgIpc) is 3.07. The topological polar surface area (TPSA) is 93.5 Å². The number of rotatable bonds is 2. The Morgan fingerprint density at radius 3 is 2.85 bits per heavy atom. The molecule has 3 N–H and O–H groups in total. The van der Waals surface area contributed by atoms with E-state index >= 15 is 0 Å². The normalized spacial score (nSPS) is 16.7. The van der Waals surface area contributed by atoms with Gasteiger partial charge in [-0.3, -0.25) is 10.1 Å². The van der Waals surface area contributed by atoms with Crippen molar-refractivity contribution in [3.05, 3.63) is 24.3 Å². The summed E-state index contributed by atoms with van der Waals surface area (Å²) in [6.45, 7) is 0. The number of hydrogen-bond acceptors (Lipinski definition) is 3. The Morgan fingerprint density at radius 2 is 2.10 bits per heavy atom. The van der Waals surface area contributed by atoms with Gasteiger partial charge in [0.05, 0.1) is 0 Å². The van der Waals surface area contributed by atoms with Crippen molar-refractivity contribution in [2.24, 2.45) is 16.6 Å². The first-order chi connectivity index (χ1) is 9.72. The SMILES string of the molecule is N/C(=N\C(=O)C1CCCC1)Nc1nc2ccccc2o1. The Morgan fingerprint density at radius 1 is 1.35 bits per heavy atom. The van der Waals surface area contributed by atoms with Crippen molar-refractivity contribution in [1.29, 1.82) is 0 Å². The van der Waals surface area contributed by atoms with Crippen LogP contribution in [-0.2, 0) is 4.79 Å². The molecule has 0 atom stereocenters. The summed E-state index contributed by atoms with van der Waals surface area (Å²) in [6, 6.07) is 7.62. The van der Waals surface area contributed by atoms with E-state index in [-0.39, 0.29) is 23.8 Å². The molecule has 1 aliphatic rings. The molecule has 1 aromatic carbocycles. The molecule has 1 heterocycles. The van der Waals surface area contributed by atoms with Crippen molar-refractivity contribution < 1.29 is 9.21 Å². The zero-order chi connectivity index (χ0) is 13.9. The minimum absolute atomic E-state index is 0.0129. The van der Waals surface area contributed by atoms with Crippen LogP contribution in [-0.4, -0.2) is 16.9 Å². The fourth-order valence-electron chi connectivity index (χ4n) is 2.45. The van der Waals surface area contributed by atoms with E-state index in [0.717, 1.165) is 31.2 Å². The van der Waals surface area contributed by atoms with Gasteiger partial charge in [-0.1, -0.05) is 25.0 Å². The Bertz CT molecular complexity index is 623. The number of anilines is 1. The van der Waals surface area contributed by atoms with Gasteiger partial charge in [-0.2, -0.15) is 9.98 Å². The Hall–Kier alpha value is -2.37. The van der Waals surface area contributed by atoms with Gasteiger partial charge in [0.2, 0.25) is 5.96 Å². The van der Waals surface area contributed by atoms with Crippen LogP contribution in [0.1, 0.15) is 25.7 Å². The maximum absolute atomic E-state index is 11.9. The molecule has 6 nitrogen and oxygen atoms in total. The van der Waals surface area contributed by atoms with Crippen molar-refractivity contribution in [2.75, 3.05) is 5.32 Å². The van der Waals surface area contributed by atoms with Crippen LogP contribution < -0.4 is 11.1 Å². The van der Waals surface area contributed by atoms with Gasteiger partial charge in [0.15, 0.2) is 5.58 Å². The number of nitrogens with one attached hydrogen (secondary N) is 1. The number of aliphatic imine (C=N–C) groups is 1. The van der Waals surface area contributed by atoms with Crippen LogP contribution in [0.15, 0.2) is 33.7 Å². The van der Waals surface area contributed by atoms with E-state index in [0.29, 0.717) is 5.58 Å². The van der Waals surface area contributed by atoms with Crippen LogP contribution in [0.3, 0.4) is 0 Å². The summed E-state index contributed by atoms with van der Waals surface area (Å²) in [4.78, 5) is 19.9. The fraction of sp³-hybridized carbons (Fsp3) is 0.357. The number of aromatic nitrogens is 1. The number of hydrogen-bond donors (Lipinski definition) is 2. The maximum atomic E-state index is 11.9. The summed E-state index contributed by atoms with van der Waals surface area (Å²) in [5.41, 5.74) is 7.10. The molecule has 3 rings (SSSR count). The maximum Gasteiger partial charge on any atom is 0.302 e. The summed E-state index contributed by atoms with van der Waals surface area (Å²) < 4.78 is 5.45. The van der Waals surface area contributed by atoms with E-state index in [1.54, 1.807) is 0 Å². The molecule has 0 unspecified atom stereocenters. The van der Waals surface area contributed by atoms with Crippen LogP contribution >= 0.6 is 0 Å². The summed E-state index contributed by atoms with van der Waals surface area (Å²) in [7, 11) is 0. The number of amides is 1. The molecule has 1 saturated carbocycles. The van der Waals surface area contributed by atoms with Crippen molar-refractivity contribution >= 4 is 29.0 Å². The van der Waals surface area contributed by atoms with E-state index in [4.69, 9.17) is 10.2 Å². The van der Waals surface area contributed by atoms with E-state index in [1.807, 2.05) is 24.3 Å². The first-order valence-corrected chi connectivity index (χ1v) is 6.73. The van der Waals surface area contributed by atoms with Crippen molar-refractivity contribution in [2.45, 2.75) is 25.7 Å². The van der Waals surface area contributed by atoms with Gasteiger partial charge in [0.25, 0.3) is 5.91 Å². The van der Waals surface area contributed by atoms with Gasteiger partial charge in [-0.25, -0.2) is 0 Å². The lowest BCUT2D eigenvalue weighted by Gasteiger charge is -2.04. The second-order valence-electron chi connectivity index (χ2n) is 4.93. The Kier molecular flexibility index (Phi) is 3.37. The van der Waals surface area contributed by atoms with Crippen LogP contribution in [0.4, 0.5) is 6.01 Å². The third kappa shape index (κ3) is 2.64. The monoisotopic (exact) mass is 272 g/mol. The van der Waals surface area contributed by atoms with Crippen LogP contribution in [0.25, 0.3) is 11.1 Å².